The number of rotatable bonds is 15. The maximum Gasteiger partial charge on any atom is 0.305 e. The van der Waals surface area contributed by atoms with Gasteiger partial charge in [-0.15, -0.1) is 0 Å². The first-order valence-corrected chi connectivity index (χ1v) is 12.6. The lowest BCUT2D eigenvalue weighted by Gasteiger charge is -2.32. The van der Waals surface area contributed by atoms with E-state index in [1.807, 2.05) is 42.3 Å². The van der Waals surface area contributed by atoms with Crippen molar-refractivity contribution in [3.63, 3.8) is 0 Å². The molecule has 0 saturated heterocycles. The molecule has 8 nitrogen and oxygen atoms in total. The minimum atomic E-state index is -0.348. The molecule has 0 bridgehead atoms. The van der Waals surface area contributed by atoms with Gasteiger partial charge in [-0.1, -0.05) is 31.2 Å². The fourth-order valence-corrected chi connectivity index (χ4v) is 3.99. The van der Waals surface area contributed by atoms with Crippen LogP contribution < -0.4 is 0 Å². The van der Waals surface area contributed by atoms with Crippen LogP contribution in [0.25, 0.3) is 0 Å². The molecular formula is C28H41N3O5. The van der Waals surface area contributed by atoms with E-state index in [1.165, 1.54) is 23.1 Å². The molecular weight excluding hydrogens is 458 g/mol. The Morgan fingerprint density at radius 3 is 2.44 bits per heavy atom. The van der Waals surface area contributed by atoms with Gasteiger partial charge in [-0.25, -0.2) is 0 Å². The summed E-state index contributed by atoms with van der Waals surface area (Å²) < 4.78 is 12.0. The van der Waals surface area contributed by atoms with Gasteiger partial charge in [0.1, 0.15) is 0 Å². The zero-order valence-electron chi connectivity index (χ0n) is 22.4. The predicted molar refractivity (Wildman–Crippen MR) is 139 cm³/mol. The standard InChI is InChI=1S/C28H41N3O5/c1-6-23(3)31(20-25-13-10-16-29(25)19-24-12-8-7-11-22(24)2)27(33)21-30(17-18-35-4)26(32)14-9-15-28(34)36-5/h7-8,10-13,16,23H,6,9,14-15,17-21H2,1-5H3. The van der Waals surface area contributed by atoms with E-state index in [-0.39, 0.29) is 43.2 Å². The molecule has 2 aromatic rings. The van der Waals surface area contributed by atoms with Crippen molar-refractivity contribution in [3.8, 4) is 0 Å². The molecule has 198 valence electrons. The third kappa shape index (κ3) is 8.82. The van der Waals surface area contributed by atoms with E-state index in [1.54, 1.807) is 7.11 Å². The topological polar surface area (TPSA) is 81.1 Å². The van der Waals surface area contributed by atoms with Crippen molar-refractivity contribution in [2.75, 3.05) is 33.9 Å². The van der Waals surface area contributed by atoms with Crippen LogP contribution in [0.5, 0.6) is 0 Å². The molecule has 0 N–H and O–H groups in total. The van der Waals surface area contributed by atoms with Crippen LogP contribution in [0.1, 0.15) is 56.4 Å². The van der Waals surface area contributed by atoms with Gasteiger partial charge in [0.25, 0.3) is 0 Å². The first-order chi connectivity index (χ1) is 17.3. The number of aromatic nitrogens is 1. The third-order valence-corrected chi connectivity index (χ3v) is 6.54. The van der Waals surface area contributed by atoms with Gasteiger partial charge in [0.2, 0.25) is 11.8 Å². The number of esters is 1. The Bertz CT molecular complexity index is 987. The monoisotopic (exact) mass is 499 g/mol. The molecule has 0 aliphatic heterocycles. The lowest BCUT2D eigenvalue weighted by Crippen LogP contribution is -2.46. The lowest BCUT2D eigenvalue weighted by molar-refractivity contribution is -0.143. The lowest BCUT2D eigenvalue weighted by atomic mass is 10.1. The first-order valence-electron chi connectivity index (χ1n) is 12.6. The molecule has 1 unspecified atom stereocenters. The number of nitrogens with zero attached hydrogens (tertiary/aromatic N) is 3. The second-order valence-corrected chi connectivity index (χ2v) is 9.07. The first kappa shape index (κ1) is 29.1. The third-order valence-electron chi connectivity index (χ3n) is 6.54. The number of aryl methyl sites for hydroxylation is 1. The predicted octanol–water partition coefficient (Wildman–Crippen LogP) is 3.79. The molecule has 2 rings (SSSR count). The SMILES string of the molecule is CCC(C)N(Cc1cccn1Cc1ccccc1C)C(=O)CN(CCOC)C(=O)CCCC(=O)OC. The van der Waals surface area contributed by atoms with Crippen molar-refractivity contribution in [2.45, 2.75) is 65.6 Å². The van der Waals surface area contributed by atoms with Crippen molar-refractivity contribution in [3.05, 3.63) is 59.4 Å². The number of hydrogen-bond acceptors (Lipinski definition) is 5. The fraction of sp³-hybridized carbons (Fsp3) is 0.536. The van der Waals surface area contributed by atoms with Crippen molar-refractivity contribution < 1.29 is 23.9 Å². The summed E-state index contributed by atoms with van der Waals surface area (Å²) in [6.45, 7) is 8.00. The molecule has 0 saturated carbocycles. The maximum absolute atomic E-state index is 13.5. The van der Waals surface area contributed by atoms with E-state index in [0.29, 0.717) is 26.1 Å². The van der Waals surface area contributed by atoms with E-state index >= 15 is 0 Å². The fourth-order valence-electron chi connectivity index (χ4n) is 3.99. The van der Waals surface area contributed by atoms with Crippen molar-refractivity contribution in [1.82, 2.24) is 14.4 Å². The second kappa shape index (κ2) is 15.1. The number of carbonyl (C=O) groups is 3. The number of methoxy groups -OCH3 is 2. The van der Waals surface area contributed by atoms with E-state index in [9.17, 15) is 14.4 Å². The highest BCUT2D eigenvalue weighted by Crippen LogP contribution is 2.16. The summed E-state index contributed by atoms with van der Waals surface area (Å²) in [7, 11) is 2.89. The minimum absolute atomic E-state index is 0.0120. The summed E-state index contributed by atoms with van der Waals surface area (Å²) in [5.74, 6) is -0.624. The Balaban J connectivity index is 2.13. The summed E-state index contributed by atoms with van der Waals surface area (Å²) in [5.41, 5.74) is 3.51. The molecule has 0 aliphatic carbocycles. The van der Waals surface area contributed by atoms with Crippen LogP contribution >= 0.6 is 0 Å². The van der Waals surface area contributed by atoms with Crippen LogP contribution in [0, 0.1) is 6.92 Å². The number of amides is 2. The van der Waals surface area contributed by atoms with E-state index in [0.717, 1.165) is 18.7 Å². The van der Waals surface area contributed by atoms with Crippen molar-refractivity contribution in [1.29, 1.82) is 0 Å². The summed E-state index contributed by atoms with van der Waals surface area (Å²) in [6.07, 6.45) is 3.57. The average molecular weight is 500 g/mol. The summed E-state index contributed by atoms with van der Waals surface area (Å²) >= 11 is 0. The van der Waals surface area contributed by atoms with Gasteiger partial charge in [0.05, 0.1) is 26.8 Å². The van der Waals surface area contributed by atoms with Gasteiger partial charge in [0, 0.05) is 51.0 Å². The van der Waals surface area contributed by atoms with Crippen LogP contribution in [0.2, 0.25) is 0 Å². The van der Waals surface area contributed by atoms with Crippen molar-refractivity contribution >= 4 is 17.8 Å². The quantitative estimate of drug-likeness (QED) is 0.348. The van der Waals surface area contributed by atoms with Crippen LogP contribution in [0.4, 0.5) is 0 Å². The Hall–Kier alpha value is -3.13. The van der Waals surface area contributed by atoms with Gasteiger partial charge in [-0.3, -0.25) is 14.4 Å². The van der Waals surface area contributed by atoms with Gasteiger partial charge in [-0.2, -0.15) is 0 Å². The molecule has 0 fully saturated rings. The number of carbonyl (C=O) groups excluding carboxylic acids is 3. The maximum atomic E-state index is 13.5. The highest BCUT2D eigenvalue weighted by molar-refractivity contribution is 5.85. The Morgan fingerprint density at radius 1 is 1.03 bits per heavy atom. The van der Waals surface area contributed by atoms with E-state index in [2.05, 4.69) is 35.3 Å². The molecule has 36 heavy (non-hydrogen) atoms. The molecule has 2 amide bonds. The van der Waals surface area contributed by atoms with Crippen molar-refractivity contribution in [2.24, 2.45) is 0 Å². The Kier molecular flexibility index (Phi) is 12.2. The highest BCUT2D eigenvalue weighted by Gasteiger charge is 2.25. The molecule has 0 aliphatic rings. The molecule has 1 aromatic heterocycles. The normalized spacial score (nSPS) is 11.7. The highest BCUT2D eigenvalue weighted by atomic mass is 16.5. The Labute approximate surface area is 215 Å². The number of hydrogen-bond donors (Lipinski definition) is 0. The second-order valence-electron chi connectivity index (χ2n) is 9.07. The molecule has 0 radical (unpaired) electrons. The Morgan fingerprint density at radius 2 is 1.78 bits per heavy atom. The summed E-state index contributed by atoms with van der Waals surface area (Å²) in [6, 6.07) is 12.4. The van der Waals surface area contributed by atoms with Gasteiger partial charge in [-0.05, 0) is 49.9 Å². The van der Waals surface area contributed by atoms with Gasteiger partial charge >= 0.3 is 5.97 Å². The summed E-state index contributed by atoms with van der Waals surface area (Å²) in [4.78, 5) is 41.2. The molecule has 1 atom stereocenters. The number of benzene rings is 1. The van der Waals surface area contributed by atoms with Crippen LogP contribution in [-0.2, 0) is 36.9 Å². The zero-order valence-corrected chi connectivity index (χ0v) is 22.4. The van der Waals surface area contributed by atoms with Crippen LogP contribution in [0.3, 0.4) is 0 Å². The van der Waals surface area contributed by atoms with E-state index in [4.69, 9.17) is 4.74 Å². The minimum Gasteiger partial charge on any atom is -0.469 e. The molecule has 1 heterocycles. The van der Waals surface area contributed by atoms with E-state index < -0.39 is 0 Å². The largest absolute Gasteiger partial charge is 0.469 e. The molecule has 0 spiro atoms. The summed E-state index contributed by atoms with van der Waals surface area (Å²) in [5, 5.41) is 0. The van der Waals surface area contributed by atoms with Gasteiger partial charge < -0.3 is 23.8 Å². The van der Waals surface area contributed by atoms with Crippen LogP contribution in [0.15, 0.2) is 42.6 Å². The van der Waals surface area contributed by atoms with Crippen LogP contribution in [-0.4, -0.2) is 72.1 Å². The molecule has 8 heteroatoms. The van der Waals surface area contributed by atoms with Gasteiger partial charge in [0.15, 0.2) is 0 Å². The zero-order chi connectivity index (χ0) is 26.5. The smallest absolute Gasteiger partial charge is 0.305 e. The average Bonchev–Trinajstić information content (AvgIpc) is 3.31. The number of ether oxygens (including phenoxy) is 2. The molecule has 1 aromatic carbocycles.